The zero-order valence-electron chi connectivity index (χ0n) is 14.0. The molecule has 0 aliphatic carbocycles. The maximum atomic E-state index is 6.47. The topological polar surface area (TPSA) is 37.6 Å². The van der Waals surface area contributed by atoms with Gasteiger partial charge in [0.05, 0.1) is 19.8 Å². The van der Waals surface area contributed by atoms with Crippen molar-refractivity contribution >= 4 is 28.3 Å². The van der Waals surface area contributed by atoms with Gasteiger partial charge in [-0.05, 0) is 24.3 Å². The van der Waals surface area contributed by atoms with Crippen LogP contribution < -0.4 is 10.2 Å². The smallest absolute Gasteiger partial charge is 0.134 e. The molecule has 2 heterocycles. The van der Waals surface area contributed by atoms with Crippen molar-refractivity contribution in [3.63, 3.8) is 0 Å². The Morgan fingerprint density at radius 1 is 1.00 bits per heavy atom. The summed E-state index contributed by atoms with van der Waals surface area (Å²) in [6.07, 6.45) is 0. The first kappa shape index (κ1) is 16.5. The average Bonchev–Trinajstić information content (AvgIpc) is 3.06. The highest BCUT2D eigenvalue weighted by atomic mass is 35.5. The van der Waals surface area contributed by atoms with Gasteiger partial charge >= 0.3 is 0 Å². The molecule has 4 rings (SSSR count). The molecule has 0 radical (unpaired) electrons. The van der Waals surface area contributed by atoms with Crippen LogP contribution in [0.15, 0.2) is 52.9 Å². The molecule has 0 atom stereocenters. The van der Waals surface area contributed by atoms with Crippen LogP contribution in [0, 0.1) is 0 Å². The van der Waals surface area contributed by atoms with Crippen LogP contribution in [-0.2, 0) is 17.8 Å². The Balaban J connectivity index is 1.46. The molecule has 25 heavy (non-hydrogen) atoms. The molecule has 0 amide bonds. The van der Waals surface area contributed by atoms with Crippen molar-refractivity contribution in [2.24, 2.45) is 0 Å². The lowest BCUT2D eigenvalue weighted by Crippen LogP contribution is -2.37. The molecule has 2 aromatic carbocycles. The summed E-state index contributed by atoms with van der Waals surface area (Å²) in [4.78, 5) is 2.34. The predicted octanol–water partition coefficient (Wildman–Crippen LogP) is 4.21. The molecule has 1 saturated heterocycles. The Kier molecular flexibility index (Phi) is 4.92. The van der Waals surface area contributed by atoms with Gasteiger partial charge < -0.3 is 19.4 Å². The fourth-order valence-electron chi connectivity index (χ4n) is 3.26. The van der Waals surface area contributed by atoms with Crippen molar-refractivity contribution in [2.45, 2.75) is 13.1 Å². The van der Waals surface area contributed by atoms with Crippen molar-refractivity contribution in [3.8, 4) is 0 Å². The van der Waals surface area contributed by atoms with Gasteiger partial charge in [-0.15, -0.1) is 0 Å². The van der Waals surface area contributed by atoms with Crippen molar-refractivity contribution in [3.05, 3.63) is 64.9 Å². The highest BCUT2D eigenvalue weighted by molar-refractivity contribution is 6.31. The molecule has 0 saturated carbocycles. The summed E-state index contributed by atoms with van der Waals surface area (Å²) in [7, 11) is 0. The van der Waals surface area contributed by atoms with Crippen molar-refractivity contribution in [2.75, 3.05) is 31.2 Å². The number of morpholine rings is 1. The van der Waals surface area contributed by atoms with Crippen LogP contribution in [0.1, 0.15) is 11.3 Å². The monoisotopic (exact) mass is 356 g/mol. The van der Waals surface area contributed by atoms with E-state index in [4.69, 9.17) is 20.8 Å². The second-order valence-electron chi connectivity index (χ2n) is 6.19. The fraction of sp³-hybridized carbons (Fsp3) is 0.300. The molecule has 1 aliphatic heterocycles. The highest BCUT2D eigenvalue weighted by Gasteiger charge is 2.16. The largest absolute Gasteiger partial charge is 0.460 e. The van der Waals surface area contributed by atoms with Gasteiger partial charge in [-0.25, -0.2) is 0 Å². The molecule has 130 valence electrons. The summed E-state index contributed by atoms with van der Waals surface area (Å²) in [5.74, 6) is 0.932. The van der Waals surface area contributed by atoms with E-state index in [-0.39, 0.29) is 0 Å². The summed E-state index contributed by atoms with van der Waals surface area (Å²) in [6.45, 7) is 4.69. The molecule has 0 bridgehead atoms. The van der Waals surface area contributed by atoms with Crippen LogP contribution in [0.4, 0.5) is 5.69 Å². The Morgan fingerprint density at radius 3 is 2.68 bits per heavy atom. The van der Waals surface area contributed by atoms with Crippen LogP contribution >= 0.6 is 11.6 Å². The Hall–Kier alpha value is -2.01. The molecule has 0 unspecified atom stereocenters. The van der Waals surface area contributed by atoms with E-state index in [1.54, 1.807) is 0 Å². The third kappa shape index (κ3) is 3.66. The van der Waals surface area contributed by atoms with E-state index in [1.807, 2.05) is 30.3 Å². The zero-order chi connectivity index (χ0) is 17.1. The first-order chi connectivity index (χ1) is 12.3. The number of nitrogens with one attached hydrogen (secondary N) is 1. The van der Waals surface area contributed by atoms with Gasteiger partial charge in [-0.3, -0.25) is 0 Å². The lowest BCUT2D eigenvalue weighted by Gasteiger charge is -2.31. The maximum Gasteiger partial charge on any atom is 0.134 e. The number of para-hydroxylation sites is 1. The lowest BCUT2D eigenvalue weighted by molar-refractivity contribution is 0.122. The van der Waals surface area contributed by atoms with Crippen LogP contribution in [-0.4, -0.2) is 26.3 Å². The second kappa shape index (κ2) is 7.48. The van der Waals surface area contributed by atoms with Gasteiger partial charge in [0, 0.05) is 41.3 Å². The van der Waals surface area contributed by atoms with Crippen molar-refractivity contribution in [1.29, 1.82) is 0 Å². The molecule has 1 aromatic heterocycles. The molecule has 0 spiro atoms. The number of hydrogen-bond donors (Lipinski definition) is 1. The zero-order valence-corrected chi connectivity index (χ0v) is 14.8. The number of benzene rings is 2. The number of rotatable bonds is 5. The lowest BCUT2D eigenvalue weighted by atomic mass is 10.1. The summed E-state index contributed by atoms with van der Waals surface area (Å²) in [5, 5.41) is 5.39. The summed E-state index contributed by atoms with van der Waals surface area (Å²) >= 11 is 6.47. The normalized spacial score (nSPS) is 15.0. The van der Waals surface area contributed by atoms with Gasteiger partial charge in [-0.2, -0.15) is 0 Å². The Bertz CT molecular complexity index is 823. The maximum absolute atomic E-state index is 6.47. The van der Waals surface area contributed by atoms with E-state index in [0.717, 1.165) is 53.6 Å². The van der Waals surface area contributed by atoms with Gasteiger partial charge in [0.15, 0.2) is 0 Å². The molecule has 1 aliphatic rings. The minimum atomic E-state index is 0.669. The summed E-state index contributed by atoms with van der Waals surface area (Å²) < 4.78 is 11.3. The van der Waals surface area contributed by atoms with Gasteiger partial charge in [0.25, 0.3) is 0 Å². The number of fused-ring (bicyclic) bond motifs is 1. The number of nitrogens with zero attached hydrogens (tertiary/aromatic N) is 1. The highest BCUT2D eigenvalue weighted by Crippen LogP contribution is 2.28. The fourth-order valence-corrected chi connectivity index (χ4v) is 3.49. The van der Waals surface area contributed by atoms with E-state index < -0.39 is 0 Å². The van der Waals surface area contributed by atoms with Crippen LogP contribution in [0.5, 0.6) is 0 Å². The number of anilines is 1. The van der Waals surface area contributed by atoms with Gasteiger partial charge in [0.1, 0.15) is 11.3 Å². The average molecular weight is 357 g/mol. The first-order valence-electron chi connectivity index (χ1n) is 8.59. The molecular formula is C20H21ClN2O2. The predicted molar refractivity (Wildman–Crippen MR) is 101 cm³/mol. The number of halogens is 1. The number of furan rings is 1. The summed E-state index contributed by atoms with van der Waals surface area (Å²) in [6, 6.07) is 16.2. The third-order valence-corrected chi connectivity index (χ3v) is 4.88. The first-order valence-corrected chi connectivity index (χ1v) is 8.97. The SMILES string of the molecule is Clc1cccc(N2CCOCC2)c1CNCc1cc2ccccc2o1. The Morgan fingerprint density at radius 2 is 1.84 bits per heavy atom. The van der Waals surface area contributed by atoms with E-state index in [1.165, 1.54) is 5.69 Å². The molecular weight excluding hydrogens is 336 g/mol. The molecule has 1 fully saturated rings. The van der Waals surface area contributed by atoms with Crippen LogP contribution in [0.2, 0.25) is 5.02 Å². The van der Waals surface area contributed by atoms with Crippen LogP contribution in [0.25, 0.3) is 11.0 Å². The second-order valence-corrected chi connectivity index (χ2v) is 6.60. The minimum Gasteiger partial charge on any atom is -0.460 e. The minimum absolute atomic E-state index is 0.669. The van der Waals surface area contributed by atoms with E-state index >= 15 is 0 Å². The number of hydrogen-bond acceptors (Lipinski definition) is 4. The molecule has 1 N–H and O–H groups in total. The standard InChI is InChI=1S/C20H21ClN2O2/c21-18-5-3-6-19(23-8-10-24-11-9-23)17(18)14-22-13-16-12-15-4-1-2-7-20(15)25-16/h1-7,12,22H,8-11,13-14H2. The van der Waals surface area contributed by atoms with E-state index in [9.17, 15) is 0 Å². The van der Waals surface area contributed by atoms with Crippen molar-refractivity contribution < 1.29 is 9.15 Å². The molecule has 3 aromatic rings. The van der Waals surface area contributed by atoms with Gasteiger partial charge in [0.2, 0.25) is 0 Å². The molecule has 5 heteroatoms. The number of ether oxygens (including phenoxy) is 1. The van der Waals surface area contributed by atoms with E-state index in [2.05, 4.69) is 28.4 Å². The van der Waals surface area contributed by atoms with Gasteiger partial charge in [-0.1, -0.05) is 35.9 Å². The summed E-state index contributed by atoms with van der Waals surface area (Å²) in [5.41, 5.74) is 3.24. The quantitative estimate of drug-likeness (QED) is 0.743. The third-order valence-electron chi connectivity index (χ3n) is 4.52. The van der Waals surface area contributed by atoms with E-state index in [0.29, 0.717) is 13.1 Å². The van der Waals surface area contributed by atoms with Crippen molar-refractivity contribution in [1.82, 2.24) is 5.32 Å². The van der Waals surface area contributed by atoms with Crippen LogP contribution in [0.3, 0.4) is 0 Å². The Labute approximate surface area is 152 Å². The molecule has 4 nitrogen and oxygen atoms in total.